The molecule has 15 heteroatoms. The lowest BCUT2D eigenvalue weighted by Gasteiger charge is -2.25. The van der Waals surface area contributed by atoms with Crippen LogP contribution in [0, 0.1) is 24.7 Å². The molecule has 0 saturated carbocycles. The van der Waals surface area contributed by atoms with E-state index < -0.39 is 110 Å². The van der Waals surface area contributed by atoms with E-state index in [1.807, 2.05) is 0 Å². The Bertz CT molecular complexity index is 2090. The number of aromatic hydroxyl groups is 1. The van der Waals surface area contributed by atoms with Gasteiger partial charge in [-0.25, -0.2) is 4.79 Å². The Morgan fingerprint density at radius 3 is 2.15 bits per heavy atom. The number of thioether (sulfide) groups is 1. The number of aryl methyl sites for hydroxylation is 1. The van der Waals surface area contributed by atoms with Gasteiger partial charge in [0.25, 0.3) is 0 Å². The zero-order valence-electron chi connectivity index (χ0n) is 34.0. The van der Waals surface area contributed by atoms with E-state index in [0.29, 0.717) is 17.3 Å². The fraction of sp³-hybridized carbons (Fsp3) is 0.386. The number of aliphatic hydroxyl groups is 3. The van der Waals surface area contributed by atoms with Gasteiger partial charge >= 0.3 is 5.97 Å². The fourth-order valence-electron chi connectivity index (χ4n) is 6.24. The molecule has 7 atom stereocenters. The number of aliphatic hydroxyl groups excluding tert-OH is 3. The maximum absolute atomic E-state index is 14.4. The molecule has 0 fully saturated rings. The number of benzene rings is 1. The van der Waals surface area contributed by atoms with Crippen LogP contribution in [0.15, 0.2) is 88.6 Å². The number of Topliss-reactive ketones (excluding diaryl/α,β-unsaturated/α-hetero) is 4. The van der Waals surface area contributed by atoms with Crippen LogP contribution in [0.3, 0.4) is 0 Å². The van der Waals surface area contributed by atoms with Gasteiger partial charge in [-0.1, -0.05) is 75.5 Å². The number of carboxylic acids is 1. The van der Waals surface area contributed by atoms with Gasteiger partial charge in [0.15, 0.2) is 11.6 Å². The third-order valence-electron chi connectivity index (χ3n) is 9.86. The predicted molar refractivity (Wildman–Crippen MR) is 223 cm³/mol. The Morgan fingerprint density at radius 1 is 0.847 bits per heavy atom. The average Bonchev–Trinajstić information content (AvgIpc) is 3.17. The minimum atomic E-state index is -1.52. The number of rotatable bonds is 5. The van der Waals surface area contributed by atoms with Gasteiger partial charge in [-0.3, -0.25) is 28.8 Å². The number of carbonyl (C=O) groups is 7. The van der Waals surface area contributed by atoms with E-state index in [1.54, 1.807) is 58.1 Å². The van der Waals surface area contributed by atoms with Crippen molar-refractivity contribution in [3.05, 3.63) is 111 Å². The summed E-state index contributed by atoms with van der Waals surface area (Å²) >= 11 is 0.556. The zero-order chi connectivity index (χ0) is 44.3. The summed E-state index contributed by atoms with van der Waals surface area (Å²) in [6.07, 6.45) is 11.6. The van der Waals surface area contributed by atoms with Crippen molar-refractivity contribution in [2.24, 2.45) is 17.8 Å². The fourth-order valence-corrected chi connectivity index (χ4v) is 7.32. The number of carbonyl (C=O) groups excluding carboxylic acids is 6. The zero-order valence-corrected chi connectivity index (χ0v) is 34.8. The molecule has 2 heterocycles. The van der Waals surface area contributed by atoms with Gasteiger partial charge < -0.3 is 36.2 Å². The minimum absolute atomic E-state index is 0.00628. The summed E-state index contributed by atoms with van der Waals surface area (Å²) in [6, 6.07) is -0.315. The van der Waals surface area contributed by atoms with E-state index in [9.17, 15) is 59.1 Å². The Labute approximate surface area is 347 Å². The molecule has 1 aliphatic carbocycles. The molecule has 14 nitrogen and oxygen atoms in total. The molecule has 0 saturated heterocycles. The lowest BCUT2D eigenvalue weighted by Crippen LogP contribution is -2.42. The van der Waals surface area contributed by atoms with Crippen molar-refractivity contribution >= 4 is 52.7 Å². The smallest absolute Gasteiger partial charge is 0.327 e. The highest BCUT2D eigenvalue weighted by atomic mass is 32.2. The van der Waals surface area contributed by atoms with Crippen LogP contribution in [0.5, 0.6) is 5.75 Å². The predicted octanol–water partition coefficient (Wildman–Crippen LogP) is 4.38. The van der Waals surface area contributed by atoms with E-state index in [-0.39, 0.29) is 35.3 Å². The number of hydrogen-bond acceptors (Lipinski definition) is 12. The van der Waals surface area contributed by atoms with E-state index in [0.717, 1.165) is 13.0 Å². The monoisotopic (exact) mass is 832 g/mol. The molecule has 3 aliphatic rings. The highest BCUT2D eigenvalue weighted by Gasteiger charge is 2.39. The third kappa shape index (κ3) is 12.8. The standard InChI is InChI=1S/C44H52N2O12S/c1-22-12-10-8-9-11-13-34(51)46-37-41(55)30-19-27(6)40(54)36(35(30)42(56)43(37)59-21-31(44(57)58)45-28(7)47)39(53)26(5)18-25(4)38(52)24(3)15-17-29(48)16-14-23(2)33(50)20-32(22)49/h8-15,17-19,22,24-25,29,31-32,38,48-49,52,54H,16,20-21H2,1-7H3,(H,45,47)(H,46,51)(H,57,58)/b9-8-,12-10+,13-11-,17-15+,23-14+,26-18+/t22-,24-,25-,29-,31-,32-,38-/m0/s1. The summed E-state index contributed by atoms with van der Waals surface area (Å²) in [6.45, 7) is 10.6. The van der Waals surface area contributed by atoms with E-state index in [4.69, 9.17) is 0 Å². The normalized spacial score (nSPS) is 28.7. The van der Waals surface area contributed by atoms with Gasteiger partial charge in [-0.15, -0.1) is 11.8 Å². The molecule has 2 amide bonds. The van der Waals surface area contributed by atoms with Gasteiger partial charge in [0.05, 0.1) is 28.8 Å². The number of phenols is 1. The van der Waals surface area contributed by atoms with Crippen molar-refractivity contribution in [3.8, 4) is 5.75 Å². The maximum atomic E-state index is 14.4. The summed E-state index contributed by atoms with van der Waals surface area (Å²) in [4.78, 5) is 92.0. The molecule has 1 aromatic rings. The first-order valence-corrected chi connectivity index (χ1v) is 20.0. The van der Waals surface area contributed by atoms with Crippen LogP contribution in [0.1, 0.15) is 91.0 Å². The second kappa shape index (κ2) is 21.5. The summed E-state index contributed by atoms with van der Waals surface area (Å²) < 4.78 is 0. The van der Waals surface area contributed by atoms with Gasteiger partial charge in [-0.05, 0) is 50.0 Å². The number of amides is 2. The van der Waals surface area contributed by atoms with Crippen LogP contribution in [-0.2, 0) is 19.2 Å². The molecule has 0 spiro atoms. The van der Waals surface area contributed by atoms with Crippen LogP contribution >= 0.6 is 11.8 Å². The quantitative estimate of drug-likeness (QED) is 0.204. The molecule has 59 heavy (non-hydrogen) atoms. The third-order valence-corrected chi connectivity index (χ3v) is 11.0. The van der Waals surface area contributed by atoms with Crippen LogP contribution in [0.4, 0.5) is 0 Å². The van der Waals surface area contributed by atoms with Gasteiger partial charge in [0.2, 0.25) is 23.4 Å². The lowest BCUT2D eigenvalue weighted by atomic mass is 9.83. The summed E-state index contributed by atoms with van der Waals surface area (Å²) in [5, 5.41) is 58.0. The number of nitrogens with one attached hydrogen (secondary N) is 2. The molecule has 0 radical (unpaired) electrons. The first kappa shape index (κ1) is 47.9. The largest absolute Gasteiger partial charge is 0.507 e. The van der Waals surface area contributed by atoms with Crippen molar-refractivity contribution < 1.29 is 59.1 Å². The Morgan fingerprint density at radius 2 is 1.51 bits per heavy atom. The number of carboxylic acid groups (broad SMARTS) is 1. The molecular formula is C44H52N2O12S. The highest BCUT2D eigenvalue weighted by Crippen LogP contribution is 2.40. The van der Waals surface area contributed by atoms with Crippen LogP contribution in [0.25, 0.3) is 0 Å². The number of fused-ring (bicyclic) bond motifs is 18. The van der Waals surface area contributed by atoms with Gasteiger partial charge in [0, 0.05) is 54.1 Å². The van der Waals surface area contributed by atoms with E-state index in [2.05, 4.69) is 10.6 Å². The molecule has 0 aromatic heterocycles. The van der Waals surface area contributed by atoms with E-state index >= 15 is 0 Å². The summed E-state index contributed by atoms with van der Waals surface area (Å²) in [7, 11) is 0. The van der Waals surface area contributed by atoms with Crippen molar-refractivity contribution in [3.63, 3.8) is 0 Å². The van der Waals surface area contributed by atoms with E-state index in [1.165, 1.54) is 44.2 Å². The molecule has 4 bridgehead atoms. The molecule has 2 aliphatic heterocycles. The number of ketones is 4. The highest BCUT2D eigenvalue weighted by molar-refractivity contribution is 8.04. The minimum Gasteiger partial charge on any atom is -0.507 e. The topological polar surface area (TPSA) is 245 Å². The SMILES string of the molecule is CC(=O)N[C@@H](CSC1=C2NC(=O)\C=C/C=C\C=C\[C@H](C)[C@@H](O)CC(=O)/C(C)=C/C[C@H](O)/C=C/[C@H](C)[C@H](O)[C@@H](C)/C=C(\C)C(=O)c3c(O)c(C)cc(c3C1=O)C2=O)C(=O)O. The first-order valence-electron chi connectivity index (χ1n) is 19.0. The van der Waals surface area contributed by atoms with Crippen molar-refractivity contribution in [2.45, 2.75) is 85.7 Å². The van der Waals surface area contributed by atoms with Gasteiger partial charge in [-0.2, -0.15) is 0 Å². The number of aliphatic carboxylic acids is 1. The van der Waals surface area contributed by atoms with Crippen LogP contribution in [-0.4, -0.2) is 96.6 Å². The Balaban J connectivity index is 2.19. The summed E-state index contributed by atoms with van der Waals surface area (Å²) in [5.41, 5.74) is -1.35. The second-order valence-corrected chi connectivity index (χ2v) is 15.8. The first-order chi connectivity index (χ1) is 27.7. The lowest BCUT2D eigenvalue weighted by molar-refractivity contribution is -0.140. The number of phenolic OH excluding ortho intramolecular Hbond substituents is 1. The Hall–Kier alpha value is -5.48. The average molecular weight is 833 g/mol. The Kier molecular flexibility index (Phi) is 17.5. The van der Waals surface area contributed by atoms with Gasteiger partial charge in [0.1, 0.15) is 17.5 Å². The number of allylic oxidation sites excluding steroid dienone is 8. The van der Waals surface area contributed by atoms with Crippen LogP contribution < -0.4 is 10.6 Å². The maximum Gasteiger partial charge on any atom is 0.327 e. The van der Waals surface area contributed by atoms with Crippen molar-refractivity contribution in [1.82, 2.24) is 10.6 Å². The molecule has 4 rings (SSSR count). The van der Waals surface area contributed by atoms with Crippen LogP contribution in [0.2, 0.25) is 0 Å². The molecule has 1 aromatic carbocycles. The molecule has 0 unspecified atom stereocenters. The van der Waals surface area contributed by atoms with Crippen molar-refractivity contribution in [1.29, 1.82) is 0 Å². The number of hydrogen-bond donors (Lipinski definition) is 7. The summed E-state index contributed by atoms with van der Waals surface area (Å²) in [5.74, 6) is -8.71. The van der Waals surface area contributed by atoms with Crippen molar-refractivity contribution in [2.75, 3.05) is 5.75 Å². The molecule has 7 N–H and O–H groups in total. The second-order valence-electron chi connectivity index (χ2n) is 14.7. The molecular weight excluding hydrogens is 781 g/mol. The molecule has 316 valence electrons.